The summed E-state index contributed by atoms with van der Waals surface area (Å²) in [5.41, 5.74) is -0.558. The number of halogens is 6. The molecule has 0 saturated carbocycles. The highest BCUT2D eigenvalue weighted by atomic mass is 35.5. The highest BCUT2D eigenvalue weighted by Crippen LogP contribution is 2.38. The molecule has 1 atom stereocenters. The Morgan fingerprint density at radius 3 is 2.04 bits per heavy atom. The molecule has 0 aliphatic heterocycles. The molecule has 0 unspecified atom stereocenters. The van der Waals surface area contributed by atoms with E-state index >= 15 is 0 Å². The molecule has 10 heteroatoms. The molecule has 0 fully saturated rings. The van der Waals surface area contributed by atoms with Crippen LogP contribution in [0.15, 0.2) is 17.0 Å². The lowest BCUT2D eigenvalue weighted by Crippen LogP contribution is -2.43. The van der Waals surface area contributed by atoms with Gasteiger partial charge in [-0.05, 0) is 24.5 Å². The van der Waals surface area contributed by atoms with Gasteiger partial charge in [-0.25, -0.2) is 17.2 Å². The van der Waals surface area contributed by atoms with E-state index < -0.39 is 44.1 Å². The molecule has 0 bridgehead atoms. The number of hydrogen-bond acceptors (Lipinski definition) is 2. The Kier molecular flexibility index (Phi) is 6.04. The van der Waals surface area contributed by atoms with Gasteiger partial charge in [-0.3, -0.25) is 0 Å². The van der Waals surface area contributed by atoms with Crippen LogP contribution in [0.4, 0.5) is 22.0 Å². The summed E-state index contributed by atoms with van der Waals surface area (Å²) in [6.07, 6.45) is -7.88. The van der Waals surface area contributed by atoms with Crippen molar-refractivity contribution in [3.05, 3.63) is 28.3 Å². The normalized spacial score (nSPS) is 14.6. The van der Waals surface area contributed by atoms with E-state index in [4.69, 9.17) is 11.6 Å². The molecule has 0 aliphatic rings. The second-order valence-electron chi connectivity index (χ2n) is 5.22. The zero-order valence-electron chi connectivity index (χ0n) is 12.4. The average molecular weight is 380 g/mol. The lowest BCUT2D eigenvalue weighted by Gasteiger charge is -2.20. The first-order valence-electron chi connectivity index (χ1n) is 6.48. The molecular formula is C13H15ClF5NO2S. The van der Waals surface area contributed by atoms with Crippen LogP contribution in [-0.4, -0.2) is 20.6 Å². The van der Waals surface area contributed by atoms with E-state index in [2.05, 4.69) is 0 Å². The highest BCUT2D eigenvalue weighted by Gasteiger charge is 2.39. The molecule has 1 aromatic carbocycles. The summed E-state index contributed by atoms with van der Waals surface area (Å²) in [5.74, 6) is -0.365. The summed E-state index contributed by atoms with van der Waals surface area (Å²) in [7, 11) is -4.71. The van der Waals surface area contributed by atoms with Crippen molar-refractivity contribution >= 4 is 21.6 Å². The Morgan fingerprint density at radius 1 is 1.13 bits per heavy atom. The highest BCUT2D eigenvalue weighted by molar-refractivity contribution is 7.89. The first-order chi connectivity index (χ1) is 10.3. The van der Waals surface area contributed by atoms with Crippen molar-refractivity contribution < 1.29 is 30.4 Å². The molecule has 0 aliphatic carbocycles. The molecule has 1 rings (SSSR count). The van der Waals surface area contributed by atoms with Crippen LogP contribution in [0.5, 0.6) is 0 Å². The maximum Gasteiger partial charge on any atom is 0.404 e. The predicted octanol–water partition coefficient (Wildman–Crippen LogP) is 4.63. The van der Waals surface area contributed by atoms with Crippen molar-refractivity contribution in [1.82, 2.24) is 4.72 Å². The Hall–Kier alpha value is -0.930. The van der Waals surface area contributed by atoms with Gasteiger partial charge in [0.25, 0.3) is 6.43 Å². The molecule has 0 amide bonds. The standard InChI is InChI=1S/C13H15ClF5NO2S/c1-6(2)8-4-5-9(11(14)10(8)12(15)16)23(21,22)20-7(3)13(17,18)19/h4-7,12,20H,1-3H3/t7-/m0/s1. The molecule has 0 heterocycles. The number of benzene rings is 1. The zero-order valence-corrected chi connectivity index (χ0v) is 14.0. The third-order valence-electron chi connectivity index (χ3n) is 3.13. The number of sulfonamides is 1. The maximum absolute atomic E-state index is 13.2. The van der Waals surface area contributed by atoms with Crippen LogP contribution in [0.25, 0.3) is 0 Å². The van der Waals surface area contributed by atoms with Crippen molar-refractivity contribution in [2.75, 3.05) is 0 Å². The minimum Gasteiger partial charge on any atom is -0.207 e. The molecule has 132 valence electrons. The van der Waals surface area contributed by atoms with Gasteiger partial charge >= 0.3 is 6.18 Å². The van der Waals surface area contributed by atoms with Gasteiger partial charge in [0.1, 0.15) is 10.9 Å². The van der Waals surface area contributed by atoms with E-state index in [0.29, 0.717) is 6.92 Å². The van der Waals surface area contributed by atoms with Crippen molar-refractivity contribution in [2.24, 2.45) is 0 Å². The number of rotatable bonds is 5. The van der Waals surface area contributed by atoms with Gasteiger partial charge in [0, 0.05) is 5.56 Å². The van der Waals surface area contributed by atoms with Gasteiger partial charge in [0.15, 0.2) is 0 Å². The molecule has 1 N–H and O–H groups in total. The summed E-state index contributed by atoms with van der Waals surface area (Å²) in [4.78, 5) is -0.810. The van der Waals surface area contributed by atoms with Gasteiger partial charge in [-0.15, -0.1) is 0 Å². The van der Waals surface area contributed by atoms with Gasteiger partial charge < -0.3 is 0 Å². The number of nitrogens with one attached hydrogen (secondary N) is 1. The lowest BCUT2D eigenvalue weighted by molar-refractivity contribution is -0.147. The van der Waals surface area contributed by atoms with E-state index in [1.807, 2.05) is 0 Å². The third-order valence-corrected chi connectivity index (χ3v) is 5.23. The molecular weight excluding hydrogens is 365 g/mol. The van der Waals surface area contributed by atoms with E-state index in [9.17, 15) is 30.4 Å². The maximum atomic E-state index is 13.2. The Labute approximate surface area is 135 Å². The van der Waals surface area contributed by atoms with Crippen LogP contribution in [0.1, 0.15) is 44.2 Å². The van der Waals surface area contributed by atoms with Crippen LogP contribution in [-0.2, 0) is 10.0 Å². The summed E-state index contributed by atoms with van der Waals surface area (Å²) in [6, 6.07) is -0.330. The SMILES string of the molecule is CC(C)c1ccc(S(=O)(=O)N[C@@H](C)C(F)(F)F)c(Cl)c1C(F)F. The Balaban J connectivity index is 3.41. The topological polar surface area (TPSA) is 46.2 Å². The first-order valence-corrected chi connectivity index (χ1v) is 8.34. The number of hydrogen-bond donors (Lipinski definition) is 1. The quantitative estimate of drug-likeness (QED) is 0.758. The van der Waals surface area contributed by atoms with Gasteiger partial charge in [0.05, 0.1) is 5.02 Å². The lowest BCUT2D eigenvalue weighted by atomic mass is 9.97. The first kappa shape index (κ1) is 20.1. The van der Waals surface area contributed by atoms with Crippen molar-refractivity contribution in [3.8, 4) is 0 Å². The summed E-state index contributed by atoms with van der Waals surface area (Å²) >= 11 is 5.75. The fourth-order valence-corrected chi connectivity index (χ4v) is 3.76. The molecule has 1 aromatic rings. The van der Waals surface area contributed by atoms with Gasteiger partial charge in [-0.2, -0.15) is 17.9 Å². The Morgan fingerprint density at radius 2 is 1.65 bits per heavy atom. The molecule has 23 heavy (non-hydrogen) atoms. The average Bonchev–Trinajstić information content (AvgIpc) is 2.35. The second-order valence-corrected chi connectivity index (χ2v) is 7.28. The summed E-state index contributed by atoms with van der Waals surface area (Å²) in [6.45, 7) is 3.81. The minimum atomic E-state index is -4.82. The smallest absolute Gasteiger partial charge is 0.207 e. The largest absolute Gasteiger partial charge is 0.404 e. The van der Waals surface area contributed by atoms with Crippen molar-refractivity contribution in [1.29, 1.82) is 0 Å². The van der Waals surface area contributed by atoms with Crippen LogP contribution >= 0.6 is 11.6 Å². The van der Waals surface area contributed by atoms with Crippen LogP contribution in [0, 0.1) is 0 Å². The minimum absolute atomic E-state index is 0.132. The zero-order chi connectivity index (χ0) is 18.2. The van der Waals surface area contributed by atoms with E-state index in [0.717, 1.165) is 12.1 Å². The molecule has 0 radical (unpaired) electrons. The molecule has 0 spiro atoms. The van der Waals surface area contributed by atoms with E-state index in [-0.39, 0.29) is 11.5 Å². The van der Waals surface area contributed by atoms with E-state index in [1.165, 1.54) is 4.72 Å². The van der Waals surface area contributed by atoms with Gasteiger partial charge in [-0.1, -0.05) is 31.5 Å². The van der Waals surface area contributed by atoms with Crippen molar-refractivity contribution in [2.45, 2.75) is 50.2 Å². The summed E-state index contributed by atoms with van der Waals surface area (Å²) in [5, 5.41) is -0.770. The van der Waals surface area contributed by atoms with Crippen LogP contribution < -0.4 is 4.72 Å². The third kappa shape index (κ3) is 4.54. The summed E-state index contributed by atoms with van der Waals surface area (Å²) < 4.78 is 89.3. The van der Waals surface area contributed by atoms with Gasteiger partial charge in [0.2, 0.25) is 10.0 Å². The number of alkyl halides is 5. The molecule has 3 nitrogen and oxygen atoms in total. The van der Waals surface area contributed by atoms with Crippen LogP contribution in [0.3, 0.4) is 0 Å². The fraction of sp³-hybridized carbons (Fsp3) is 0.538. The van der Waals surface area contributed by atoms with E-state index in [1.54, 1.807) is 13.8 Å². The monoisotopic (exact) mass is 379 g/mol. The Bertz CT molecular complexity index is 674. The second kappa shape index (κ2) is 6.90. The molecule has 0 saturated heterocycles. The molecule has 0 aromatic heterocycles. The predicted molar refractivity (Wildman–Crippen MR) is 76.3 cm³/mol. The van der Waals surface area contributed by atoms with Crippen LogP contribution in [0.2, 0.25) is 5.02 Å². The fourth-order valence-electron chi connectivity index (χ4n) is 1.88. The van der Waals surface area contributed by atoms with Crippen molar-refractivity contribution in [3.63, 3.8) is 0 Å².